The number of carbonyl (C=O) groups is 2. The Kier molecular flexibility index (Phi) is 3.24. The Morgan fingerprint density at radius 2 is 1.94 bits per heavy atom. The van der Waals surface area contributed by atoms with Gasteiger partial charge >= 0.3 is 0 Å². The lowest BCUT2D eigenvalue weighted by atomic mass is 10.1. The van der Waals surface area contributed by atoms with Crippen molar-refractivity contribution in [3.05, 3.63) is 35.9 Å². The summed E-state index contributed by atoms with van der Waals surface area (Å²) in [5.74, 6) is -0.172. The number of imide groups is 1. The van der Waals surface area contributed by atoms with Crippen LogP contribution in [0.1, 0.15) is 24.9 Å². The van der Waals surface area contributed by atoms with Crippen molar-refractivity contribution in [1.29, 1.82) is 0 Å². The molecule has 2 N–H and O–H groups in total. The first-order valence-corrected chi connectivity index (χ1v) is 5.80. The molecule has 0 aromatic heterocycles. The van der Waals surface area contributed by atoms with Crippen LogP contribution in [-0.4, -0.2) is 29.8 Å². The maximum absolute atomic E-state index is 11.8. The third-order valence-corrected chi connectivity index (χ3v) is 3.26. The molecule has 4 nitrogen and oxygen atoms in total. The fraction of sp³-hybridized carbons (Fsp3) is 0.385. The highest BCUT2D eigenvalue weighted by molar-refractivity contribution is 6.04. The quantitative estimate of drug-likeness (QED) is 0.751. The van der Waals surface area contributed by atoms with Crippen LogP contribution in [0.2, 0.25) is 0 Å². The third-order valence-electron chi connectivity index (χ3n) is 3.26. The van der Waals surface area contributed by atoms with Crippen molar-refractivity contribution in [2.45, 2.75) is 25.4 Å². The summed E-state index contributed by atoms with van der Waals surface area (Å²) in [6.07, 6.45) is 0.312. The number of quaternary nitrogens is 1. The summed E-state index contributed by atoms with van der Waals surface area (Å²) < 4.78 is 0. The highest BCUT2D eigenvalue weighted by atomic mass is 16.2. The number of likely N-dealkylation sites (tertiary alicyclic amines) is 1. The maximum Gasteiger partial charge on any atom is 0.287 e. The molecule has 1 aliphatic rings. The number of hydrogen-bond donors (Lipinski definition) is 1. The van der Waals surface area contributed by atoms with Gasteiger partial charge in [0.1, 0.15) is 6.04 Å². The van der Waals surface area contributed by atoms with Crippen LogP contribution in [0.15, 0.2) is 30.3 Å². The van der Waals surface area contributed by atoms with E-state index in [1.54, 1.807) is 7.05 Å². The first-order chi connectivity index (χ1) is 8.09. The zero-order valence-electron chi connectivity index (χ0n) is 10.1. The third kappa shape index (κ3) is 2.36. The standard InChI is InChI=1S/C13H16N2O2/c1-9(10-6-4-3-5-7-10)14-11-8-12(16)15(2)13(11)17/h3-7,9,11,14H,8H2,1-2H3/p+1/t9-,11-/m1/s1. The Morgan fingerprint density at radius 3 is 2.47 bits per heavy atom. The lowest BCUT2D eigenvalue weighted by Crippen LogP contribution is -2.91. The van der Waals surface area contributed by atoms with Crippen LogP contribution in [-0.2, 0) is 9.59 Å². The number of carbonyl (C=O) groups excluding carboxylic acids is 2. The molecular formula is C13H17N2O2+. The van der Waals surface area contributed by atoms with E-state index in [0.717, 1.165) is 0 Å². The number of likely N-dealkylation sites (N-methyl/N-ethyl adjacent to an activating group) is 1. The maximum atomic E-state index is 11.8. The summed E-state index contributed by atoms with van der Waals surface area (Å²) in [6.45, 7) is 2.05. The van der Waals surface area contributed by atoms with Crippen LogP contribution in [0.4, 0.5) is 0 Å². The van der Waals surface area contributed by atoms with Gasteiger partial charge in [-0.05, 0) is 6.92 Å². The minimum Gasteiger partial charge on any atom is -0.330 e. The zero-order chi connectivity index (χ0) is 12.4. The predicted octanol–water partition coefficient (Wildman–Crippen LogP) is 0.0683. The average molecular weight is 233 g/mol. The van der Waals surface area contributed by atoms with Crippen LogP contribution in [0.5, 0.6) is 0 Å². The van der Waals surface area contributed by atoms with Gasteiger partial charge in [0.2, 0.25) is 5.91 Å². The molecule has 0 aliphatic carbocycles. The summed E-state index contributed by atoms with van der Waals surface area (Å²) in [4.78, 5) is 24.4. The van der Waals surface area contributed by atoms with Gasteiger partial charge in [-0.15, -0.1) is 0 Å². The Bertz CT molecular complexity index is 430. The van der Waals surface area contributed by atoms with Crippen molar-refractivity contribution in [2.75, 3.05) is 7.05 Å². The molecule has 0 spiro atoms. The van der Waals surface area contributed by atoms with E-state index in [-0.39, 0.29) is 23.9 Å². The second-order valence-electron chi connectivity index (χ2n) is 4.49. The Morgan fingerprint density at radius 1 is 1.29 bits per heavy atom. The molecule has 1 aromatic rings. The molecule has 1 aromatic carbocycles. The first kappa shape index (κ1) is 11.8. The van der Waals surface area contributed by atoms with Gasteiger partial charge in [-0.3, -0.25) is 14.5 Å². The number of rotatable bonds is 3. The Labute approximate surface area is 101 Å². The van der Waals surface area contributed by atoms with E-state index in [0.29, 0.717) is 6.42 Å². The molecular weight excluding hydrogens is 216 g/mol. The van der Waals surface area contributed by atoms with Crippen LogP contribution in [0.3, 0.4) is 0 Å². The fourth-order valence-corrected chi connectivity index (χ4v) is 2.15. The van der Waals surface area contributed by atoms with Gasteiger partial charge in [0, 0.05) is 12.6 Å². The molecule has 0 radical (unpaired) electrons. The highest BCUT2D eigenvalue weighted by Gasteiger charge is 2.39. The van der Waals surface area contributed by atoms with Gasteiger partial charge in [0.05, 0.1) is 6.42 Å². The molecule has 90 valence electrons. The minimum atomic E-state index is -0.261. The molecule has 2 rings (SSSR count). The summed E-state index contributed by atoms with van der Waals surface area (Å²) in [5.41, 5.74) is 1.17. The molecule has 17 heavy (non-hydrogen) atoms. The van der Waals surface area contributed by atoms with Crippen molar-refractivity contribution in [1.82, 2.24) is 4.90 Å². The topological polar surface area (TPSA) is 54.0 Å². The van der Waals surface area contributed by atoms with E-state index in [4.69, 9.17) is 0 Å². The second-order valence-corrected chi connectivity index (χ2v) is 4.49. The molecule has 0 bridgehead atoms. The molecule has 0 saturated carbocycles. The summed E-state index contributed by atoms with van der Waals surface area (Å²) in [7, 11) is 1.55. The number of nitrogens with zero attached hydrogens (tertiary/aromatic N) is 1. The SMILES string of the molecule is C[C@@H]([NH2+][C@@H]1CC(=O)N(C)C1=O)c1ccccc1. The number of nitrogens with two attached hydrogens (primary N) is 1. The van der Waals surface area contributed by atoms with Gasteiger partial charge in [0.15, 0.2) is 6.04 Å². The molecule has 4 heteroatoms. The monoisotopic (exact) mass is 233 g/mol. The molecule has 2 amide bonds. The number of hydrogen-bond acceptors (Lipinski definition) is 2. The van der Waals surface area contributed by atoms with Crippen molar-refractivity contribution in [3.63, 3.8) is 0 Å². The largest absolute Gasteiger partial charge is 0.330 e. The van der Waals surface area contributed by atoms with E-state index in [2.05, 4.69) is 0 Å². The van der Waals surface area contributed by atoms with Gasteiger partial charge < -0.3 is 5.32 Å². The smallest absolute Gasteiger partial charge is 0.287 e. The lowest BCUT2D eigenvalue weighted by molar-refractivity contribution is -0.711. The van der Waals surface area contributed by atoms with E-state index in [1.807, 2.05) is 42.6 Å². The normalized spacial score (nSPS) is 22.0. The van der Waals surface area contributed by atoms with Gasteiger partial charge in [-0.1, -0.05) is 30.3 Å². The second kappa shape index (κ2) is 4.67. The number of amides is 2. The van der Waals surface area contributed by atoms with Crippen LogP contribution >= 0.6 is 0 Å². The highest BCUT2D eigenvalue weighted by Crippen LogP contribution is 2.11. The average Bonchev–Trinajstić information content (AvgIpc) is 2.58. The molecule has 1 saturated heterocycles. The molecule has 2 atom stereocenters. The van der Waals surface area contributed by atoms with Crippen molar-refractivity contribution < 1.29 is 14.9 Å². The predicted molar refractivity (Wildman–Crippen MR) is 63.0 cm³/mol. The van der Waals surface area contributed by atoms with Crippen LogP contribution in [0.25, 0.3) is 0 Å². The van der Waals surface area contributed by atoms with Gasteiger partial charge in [-0.25, -0.2) is 0 Å². The minimum absolute atomic E-state index is 0.0854. The van der Waals surface area contributed by atoms with E-state index in [1.165, 1.54) is 10.5 Å². The van der Waals surface area contributed by atoms with E-state index in [9.17, 15) is 9.59 Å². The first-order valence-electron chi connectivity index (χ1n) is 5.80. The number of benzene rings is 1. The molecule has 1 heterocycles. The van der Waals surface area contributed by atoms with Crippen molar-refractivity contribution in [3.8, 4) is 0 Å². The van der Waals surface area contributed by atoms with Crippen molar-refractivity contribution >= 4 is 11.8 Å². The fourth-order valence-electron chi connectivity index (χ4n) is 2.15. The molecule has 1 aliphatic heterocycles. The summed E-state index contributed by atoms with van der Waals surface area (Å²) >= 11 is 0. The van der Waals surface area contributed by atoms with E-state index < -0.39 is 0 Å². The van der Waals surface area contributed by atoms with Gasteiger partial charge in [0.25, 0.3) is 5.91 Å². The summed E-state index contributed by atoms with van der Waals surface area (Å²) in [5, 5.41) is 1.97. The van der Waals surface area contributed by atoms with Crippen molar-refractivity contribution in [2.24, 2.45) is 0 Å². The molecule has 1 fully saturated rings. The van der Waals surface area contributed by atoms with E-state index >= 15 is 0 Å². The Hall–Kier alpha value is -1.68. The zero-order valence-corrected chi connectivity index (χ0v) is 10.1. The lowest BCUT2D eigenvalue weighted by Gasteiger charge is -2.14. The van der Waals surface area contributed by atoms with Gasteiger partial charge in [-0.2, -0.15) is 0 Å². The molecule has 0 unspecified atom stereocenters. The van der Waals surface area contributed by atoms with Crippen LogP contribution < -0.4 is 5.32 Å². The Balaban J connectivity index is 2.03. The van der Waals surface area contributed by atoms with Crippen LogP contribution in [0, 0.1) is 0 Å². The summed E-state index contributed by atoms with van der Waals surface area (Å²) in [6, 6.07) is 9.92.